The van der Waals surface area contributed by atoms with Gasteiger partial charge in [-0.15, -0.1) is 0 Å². The van der Waals surface area contributed by atoms with E-state index in [2.05, 4.69) is 4.72 Å². The van der Waals surface area contributed by atoms with E-state index in [-0.39, 0.29) is 6.04 Å². The van der Waals surface area contributed by atoms with Gasteiger partial charge in [0.25, 0.3) is 5.69 Å². The van der Waals surface area contributed by atoms with Gasteiger partial charge < -0.3 is 0 Å². The molecule has 1 aromatic carbocycles. The van der Waals surface area contributed by atoms with E-state index < -0.39 is 31.3 Å². The van der Waals surface area contributed by atoms with Gasteiger partial charge in [-0.05, 0) is 18.9 Å². The first kappa shape index (κ1) is 13.9. The summed E-state index contributed by atoms with van der Waals surface area (Å²) in [6.07, 6.45) is 3.25. The molecule has 0 aromatic heterocycles. The summed E-state index contributed by atoms with van der Waals surface area (Å²) >= 11 is 0. The summed E-state index contributed by atoms with van der Waals surface area (Å²) in [7, 11) is -4.06. The van der Waals surface area contributed by atoms with E-state index in [9.17, 15) is 22.9 Å². The van der Waals surface area contributed by atoms with Crippen LogP contribution in [-0.4, -0.2) is 19.4 Å². The second-order valence-electron chi connectivity index (χ2n) is 4.47. The molecule has 0 heterocycles. The number of hydrogen-bond donors (Lipinski definition) is 1. The molecule has 1 aromatic rings. The number of non-ortho nitro benzene ring substituents is 1. The van der Waals surface area contributed by atoms with E-state index in [4.69, 9.17) is 0 Å². The van der Waals surface area contributed by atoms with Crippen LogP contribution in [0.2, 0.25) is 0 Å². The first-order valence-electron chi connectivity index (χ1n) is 5.86. The number of rotatable bonds is 4. The lowest BCUT2D eigenvalue weighted by molar-refractivity contribution is -0.385. The van der Waals surface area contributed by atoms with Crippen molar-refractivity contribution in [1.82, 2.24) is 4.72 Å². The maximum absolute atomic E-state index is 13.6. The van der Waals surface area contributed by atoms with Gasteiger partial charge in [-0.3, -0.25) is 10.1 Å². The van der Waals surface area contributed by atoms with Crippen molar-refractivity contribution in [2.75, 3.05) is 0 Å². The standard InChI is InChI=1S/C11H13FN2O4S/c12-10-6-5-9(14(15)16)7-11(10)19(17,18)13-8-3-1-2-4-8/h5-8,13H,1-4H2. The van der Waals surface area contributed by atoms with E-state index in [0.29, 0.717) is 12.8 Å². The lowest BCUT2D eigenvalue weighted by Crippen LogP contribution is -2.33. The summed E-state index contributed by atoms with van der Waals surface area (Å²) in [6.45, 7) is 0. The monoisotopic (exact) mass is 288 g/mol. The lowest BCUT2D eigenvalue weighted by atomic mass is 10.3. The fraction of sp³-hybridized carbons (Fsp3) is 0.455. The Morgan fingerprint density at radius 3 is 2.53 bits per heavy atom. The molecule has 1 saturated carbocycles. The second-order valence-corrected chi connectivity index (χ2v) is 6.16. The Hall–Kier alpha value is -1.54. The van der Waals surface area contributed by atoms with E-state index in [1.807, 2.05) is 0 Å². The lowest BCUT2D eigenvalue weighted by Gasteiger charge is -2.12. The van der Waals surface area contributed by atoms with Gasteiger partial charge in [0.15, 0.2) is 0 Å². The van der Waals surface area contributed by atoms with Gasteiger partial charge in [0.2, 0.25) is 10.0 Å². The summed E-state index contributed by atoms with van der Waals surface area (Å²) < 4.78 is 40.0. The zero-order valence-corrected chi connectivity index (χ0v) is 10.8. The molecule has 0 saturated heterocycles. The zero-order valence-electron chi connectivity index (χ0n) is 10.0. The van der Waals surface area contributed by atoms with Crippen LogP contribution in [0.3, 0.4) is 0 Å². The third kappa shape index (κ3) is 3.07. The summed E-state index contributed by atoms with van der Waals surface area (Å²) in [6, 6.07) is 2.25. The van der Waals surface area contributed by atoms with Crippen molar-refractivity contribution in [2.45, 2.75) is 36.6 Å². The molecule has 1 aliphatic rings. The quantitative estimate of drug-likeness (QED) is 0.677. The second kappa shape index (κ2) is 5.22. The largest absolute Gasteiger partial charge is 0.270 e. The van der Waals surface area contributed by atoms with Crippen molar-refractivity contribution >= 4 is 15.7 Å². The average molecular weight is 288 g/mol. The topological polar surface area (TPSA) is 89.3 Å². The van der Waals surface area contributed by atoms with Crippen LogP contribution in [0, 0.1) is 15.9 Å². The Labute approximate surface area is 109 Å². The smallest absolute Gasteiger partial charge is 0.258 e. The van der Waals surface area contributed by atoms with Crippen LogP contribution in [0.4, 0.5) is 10.1 Å². The highest BCUT2D eigenvalue weighted by Crippen LogP contribution is 2.24. The zero-order chi connectivity index (χ0) is 14.0. The molecule has 0 atom stereocenters. The maximum atomic E-state index is 13.6. The highest BCUT2D eigenvalue weighted by Gasteiger charge is 2.27. The van der Waals surface area contributed by atoms with Gasteiger partial charge in [-0.2, -0.15) is 0 Å². The van der Waals surface area contributed by atoms with Crippen molar-refractivity contribution < 1.29 is 17.7 Å². The van der Waals surface area contributed by atoms with Gasteiger partial charge in [0.1, 0.15) is 10.7 Å². The first-order valence-corrected chi connectivity index (χ1v) is 7.35. The van der Waals surface area contributed by atoms with Crippen LogP contribution in [0.15, 0.2) is 23.1 Å². The molecule has 1 N–H and O–H groups in total. The number of nitro groups is 1. The molecule has 0 amide bonds. The number of nitrogens with one attached hydrogen (secondary N) is 1. The minimum atomic E-state index is -4.06. The van der Waals surface area contributed by atoms with E-state index in [1.165, 1.54) is 0 Å². The molecule has 1 aliphatic carbocycles. The third-order valence-corrected chi connectivity index (χ3v) is 4.63. The summed E-state index contributed by atoms with van der Waals surface area (Å²) in [5, 5.41) is 10.6. The van der Waals surface area contributed by atoms with Crippen molar-refractivity contribution in [3.8, 4) is 0 Å². The number of sulfonamides is 1. The van der Waals surface area contributed by atoms with Crippen LogP contribution in [0.1, 0.15) is 25.7 Å². The van der Waals surface area contributed by atoms with Gasteiger partial charge in [0, 0.05) is 18.2 Å². The highest BCUT2D eigenvalue weighted by atomic mass is 32.2. The molecule has 0 spiro atoms. The number of nitro benzene ring substituents is 1. The van der Waals surface area contributed by atoms with E-state index in [1.54, 1.807) is 0 Å². The third-order valence-electron chi connectivity index (χ3n) is 3.09. The minimum Gasteiger partial charge on any atom is -0.258 e. The van der Waals surface area contributed by atoms with E-state index >= 15 is 0 Å². The number of benzene rings is 1. The van der Waals surface area contributed by atoms with Gasteiger partial charge >= 0.3 is 0 Å². The fourth-order valence-electron chi connectivity index (χ4n) is 2.14. The maximum Gasteiger partial charge on any atom is 0.270 e. The molecular weight excluding hydrogens is 275 g/mol. The Morgan fingerprint density at radius 1 is 1.32 bits per heavy atom. The van der Waals surface area contributed by atoms with Gasteiger partial charge in [-0.25, -0.2) is 17.5 Å². The average Bonchev–Trinajstić information content (AvgIpc) is 2.81. The van der Waals surface area contributed by atoms with Crippen LogP contribution < -0.4 is 4.72 Å². The van der Waals surface area contributed by atoms with Crippen LogP contribution in [0.5, 0.6) is 0 Å². The predicted octanol–water partition coefficient (Wildman–Crippen LogP) is 1.95. The summed E-state index contributed by atoms with van der Waals surface area (Å²) in [5.41, 5.74) is -0.451. The van der Waals surface area contributed by atoms with Crippen LogP contribution in [0.25, 0.3) is 0 Å². The Kier molecular flexibility index (Phi) is 3.81. The number of halogens is 1. The van der Waals surface area contributed by atoms with Crippen molar-refractivity contribution in [1.29, 1.82) is 0 Å². The fourth-order valence-corrected chi connectivity index (χ4v) is 3.54. The van der Waals surface area contributed by atoms with Gasteiger partial charge in [0.05, 0.1) is 4.92 Å². The molecule has 0 bridgehead atoms. The van der Waals surface area contributed by atoms with Crippen LogP contribution >= 0.6 is 0 Å². The van der Waals surface area contributed by atoms with Crippen molar-refractivity contribution in [3.05, 3.63) is 34.1 Å². The summed E-state index contributed by atoms with van der Waals surface area (Å²) in [5.74, 6) is -0.990. The SMILES string of the molecule is O=[N+]([O-])c1ccc(F)c(S(=O)(=O)NC2CCCC2)c1. The predicted molar refractivity (Wildman–Crippen MR) is 65.6 cm³/mol. The molecule has 104 valence electrons. The Bertz CT molecular complexity index is 597. The molecule has 0 unspecified atom stereocenters. The van der Waals surface area contributed by atoms with Crippen molar-refractivity contribution in [2.24, 2.45) is 0 Å². The number of hydrogen-bond acceptors (Lipinski definition) is 4. The molecule has 2 rings (SSSR count). The Balaban J connectivity index is 2.33. The summed E-state index contributed by atoms with van der Waals surface area (Å²) in [4.78, 5) is 9.18. The van der Waals surface area contributed by atoms with E-state index in [0.717, 1.165) is 31.0 Å². The minimum absolute atomic E-state index is 0.219. The molecule has 19 heavy (non-hydrogen) atoms. The molecular formula is C11H13FN2O4S. The van der Waals surface area contributed by atoms with Crippen molar-refractivity contribution in [3.63, 3.8) is 0 Å². The molecule has 8 heteroatoms. The molecule has 0 radical (unpaired) electrons. The molecule has 6 nitrogen and oxygen atoms in total. The highest BCUT2D eigenvalue weighted by molar-refractivity contribution is 7.89. The number of nitrogens with zero attached hydrogens (tertiary/aromatic N) is 1. The molecule has 0 aliphatic heterocycles. The Morgan fingerprint density at radius 2 is 1.95 bits per heavy atom. The van der Waals surface area contributed by atoms with Crippen LogP contribution in [-0.2, 0) is 10.0 Å². The first-order chi connectivity index (χ1) is 8.90. The van der Waals surface area contributed by atoms with Gasteiger partial charge in [-0.1, -0.05) is 12.8 Å². The molecule has 1 fully saturated rings. The normalized spacial score (nSPS) is 16.7.